The number of benzene rings is 2. The SMILES string of the molecule is CCOc1ccc(NC(=O)C(=O)NCC(O)c2ccc3c(c2)CCN3C)cc1. The smallest absolute Gasteiger partial charge is 0.313 e. The summed E-state index contributed by atoms with van der Waals surface area (Å²) in [6, 6.07) is 12.5. The van der Waals surface area contributed by atoms with Crippen molar-refractivity contribution in [3.63, 3.8) is 0 Å². The van der Waals surface area contributed by atoms with Gasteiger partial charge in [0, 0.05) is 31.5 Å². The summed E-state index contributed by atoms with van der Waals surface area (Å²) in [5, 5.41) is 15.3. The molecule has 1 heterocycles. The number of nitrogens with zero attached hydrogens (tertiary/aromatic N) is 1. The largest absolute Gasteiger partial charge is 0.494 e. The second-order valence-corrected chi connectivity index (χ2v) is 6.70. The van der Waals surface area contributed by atoms with Crippen LogP contribution in [0.5, 0.6) is 5.75 Å². The Morgan fingerprint density at radius 3 is 2.64 bits per heavy atom. The summed E-state index contributed by atoms with van der Waals surface area (Å²) in [4.78, 5) is 26.2. The second-order valence-electron chi connectivity index (χ2n) is 6.70. The monoisotopic (exact) mass is 383 g/mol. The van der Waals surface area contributed by atoms with E-state index in [1.165, 1.54) is 5.56 Å². The van der Waals surface area contributed by atoms with Gasteiger partial charge < -0.3 is 25.4 Å². The molecule has 1 atom stereocenters. The Balaban J connectivity index is 1.51. The fraction of sp³-hybridized carbons (Fsp3) is 0.333. The molecular weight excluding hydrogens is 358 g/mol. The highest BCUT2D eigenvalue weighted by Crippen LogP contribution is 2.29. The van der Waals surface area contributed by atoms with Crippen molar-refractivity contribution in [2.75, 3.05) is 37.0 Å². The van der Waals surface area contributed by atoms with Crippen molar-refractivity contribution in [1.29, 1.82) is 0 Å². The number of aliphatic hydroxyl groups is 1. The van der Waals surface area contributed by atoms with E-state index in [0.717, 1.165) is 24.2 Å². The Kier molecular flexibility index (Phi) is 6.16. The zero-order valence-electron chi connectivity index (χ0n) is 16.1. The van der Waals surface area contributed by atoms with Gasteiger partial charge in [-0.1, -0.05) is 12.1 Å². The van der Waals surface area contributed by atoms with Gasteiger partial charge in [-0.05, 0) is 54.8 Å². The molecule has 1 unspecified atom stereocenters. The lowest BCUT2D eigenvalue weighted by molar-refractivity contribution is -0.136. The van der Waals surface area contributed by atoms with Crippen molar-refractivity contribution in [3.8, 4) is 5.75 Å². The van der Waals surface area contributed by atoms with Crippen LogP contribution in [0.3, 0.4) is 0 Å². The molecule has 0 fully saturated rings. The van der Waals surface area contributed by atoms with Crippen molar-refractivity contribution in [3.05, 3.63) is 53.6 Å². The van der Waals surface area contributed by atoms with E-state index in [2.05, 4.69) is 15.5 Å². The van der Waals surface area contributed by atoms with Gasteiger partial charge in [-0.3, -0.25) is 9.59 Å². The van der Waals surface area contributed by atoms with Crippen LogP contribution >= 0.6 is 0 Å². The van der Waals surface area contributed by atoms with E-state index in [1.54, 1.807) is 24.3 Å². The van der Waals surface area contributed by atoms with Gasteiger partial charge >= 0.3 is 11.8 Å². The fourth-order valence-electron chi connectivity index (χ4n) is 3.17. The molecule has 2 aromatic carbocycles. The highest BCUT2D eigenvalue weighted by atomic mass is 16.5. The quantitative estimate of drug-likeness (QED) is 0.663. The molecule has 1 aliphatic heterocycles. The van der Waals surface area contributed by atoms with Crippen molar-refractivity contribution >= 4 is 23.2 Å². The number of likely N-dealkylation sites (N-methyl/N-ethyl adjacent to an activating group) is 1. The number of carbonyl (C=O) groups is 2. The molecule has 0 aromatic heterocycles. The summed E-state index contributed by atoms with van der Waals surface area (Å²) in [6.07, 6.45) is 0.0573. The molecule has 0 radical (unpaired) electrons. The summed E-state index contributed by atoms with van der Waals surface area (Å²) in [6.45, 7) is 3.36. The number of nitrogens with one attached hydrogen (secondary N) is 2. The number of aliphatic hydroxyl groups excluding tert-OH is 1. The van der Waals surface area contributed by atoms with Gasteiger partial charge in [0.05, 0.1) is 12.7 Å². The molecule has 148 valence electrons. The molecule has 0 saturated heterocycles. The van der Waals surface area contributed by atoms with Crippen LogP contribution in [0.15, 0.2) is 42.5 Å². The zero-order chi connectivity index (χ0) is 20.1. The lowest BCUT2D eigenvalue weighted by Gasteiger charge is -2.15. The summed E-state index contributed by atoms with van der Waals surface area (Å²) in [5.41, 5.74) is 3.56. The van der Waals surface area contributed by atoms with E-state index in [0.29, 0.717) is 18.0 Å². The Labute approximate surface area is 164 Å². The predicted octanol–water partition coefficient (Wildman–Crippen LogP) is 1.87. The minimum Gasteiger partial charge on any atom is -0.494 e. The summed E-state index contributed by atoms with van der Waals surface area (Å²) in [5.74, 6) is -0.894. The average molecular weight is 383 g/mol. The van der Waals surface area contributed by atoms with Crippen LogP contribution in [-0.4, -0.2) is 43.7 Å². The molecule has 0 spiro atoms. The van der Waals surface area contributed by atoms with Crippen LogP contribution in [0.2, 0.25) is 0 Å². The number of amides is 2. The fourth-order valence-corrected chi connectivity index (χ4v) is 3.17. The predicted molar refractivity (Wildman–Crippen MR) is 108 cm³/mol. The number of ether oxygens (including phenoxy) is 1. The minimum absolute atomic E-state index is 0.0375. The maximum absolute atomic E-state index is 12.0. The number of carbonyl (C=O) groups excluding carboxylic acids is 2. The van der Waals surface area contributed by atoms with Gasteiger partial charge in [0.15, 0.2) is 0 Å². The summed E-state index contributed by atoms with van der Waals surface area (Å²) in [7, 11) is 2.03. The Bertz CT molecular complexity index is 851. The van der Waals surface area contributed by atoms with Crippen LogP contribution in [0.4, 0.5) is 11.4 Å². The Morgan fingerprint density at radius 2 is 1.93 bits per heavy atom. The van der Waals surface area contributed by atoms with Crippen LogP contribution in [0.1, 0.15) is 24.2 Å². The molecule has 1 aliphatic rings. The van der Waals surface area contributed by atoms with E-state index in [9.17, 15) is 14.7 Å². The average Bonchev–Trinajstić information content (AvgIpc) is 3.07. The molecular formula is C21H25N3O4. The Hall–Kier alpha value is -3.06. The molecule has 2 aromatic rings. The first-order chi connectivity index (χ1) is 13.5. The maximum Gasteiger partial charge on any atom is 0.313 e. The third-order valence-corrected chi connectivity index (χ3v) is 4.70. The van der Waals surface area contributed by atoms with E-state index in [4.69, 9.17) is 4.74 Å². The topological polar surface area (TPSA) is 90.9 Å². The van der Waals surface area contributed by atoms with E-state index < -0.39 is 17.9 Å². The lowest BCUT2D eigenvalue weighted by atomic mass is 10.0. The van der Waals surface area contributed by atoms with Crippen LogP contribution in [0.25, 0.3) is 0 Å². The number of hydrogen-bond donors (Lipinski definition) is 3. The number of rotatable bonds is 6. The first-order valence-electron chi connectivity index (χ1n) is 9.32. The molecule has 3 rings (SSSR count). The first kappa shape index (κ1) is 19.7. The normalized spacial score (nSPS) is 13.6. The van der Waals surface area contributed by atoms with E-state index in [-0.39, 0.29) is 6.54 Å². The number of anilines is 2. The highest BCUT2D eigenvalue weighted by molar-refractivity contribution is 6.39. The van der Waals surface area contributed by atoms with Crippen molar-refractivity contribution < 1.29 is 19.4 Å². The van der Waals surface area contributed by atoms with Gasteiger partial charge in [0.2, 0.25) is 0 Å². The molecule has 3 N–H and O–H groups in total. The van der Waals surface area contributed by atoms with Crippen molar-refractivity contribution in [1.82, 2.24) is 5.32 Å². The van der Waals surface area contributed by atoms with E-state index in [1.807, 2.05) is 32.2 Å². The highest BCUT2D eigenvalue weighted by Gasteiger charge is 2.19. The van der Waals surface area contributed by atoms with Gasteiger partial charge in [-0.15, -0.1) is 0 Å². The molecule has 7 nitrogen and oxygen atoms in total. The number of hydrogen-bond acceptors (Lipinski definition) is 5. The minimum atomic E-state index is -0.876. The number of fused-ring (bicyclic) bond motifs is 1. The van der Waals surface area contributed by atoms with Gasteiger partial charge in [0.25, 0.3) is 0 Å². The molecule has 28 heavy (non-hydrogen) atoms. The molecule has 7 heteroatoms. The van der Waals surface area contributed by atoms with Crippen LogP contribution < -0.4 is 20.3 Å². The Morgan fingerprint density at radius 1 is 1.18 bits per heavy atom. The van der Waals surface area contributed by atoms with Gasteiger partial charge in [-0.2, -0.15) is 0 Å². The van der Waals surface area contributed by atoms with Crippen molar-refractivity contribution in [2.24, 2.45) is 0 Å². The molecule has 0 saturated carbocycles. The zero-order valence-corrected chi connectivity index (χ0v) is 16.1. The third kappa shape index (κ3) is 4.61. The van der Waals surface area contributed by atoms with E-state index >= 15 is 0 Å². The maximum atomic E-state index is 12.0. The molecule has 0 aliphatic carbocycles. The summed E-state index contributed by atoms with van der Waals surface area (Å²) < 4.78 is 5.33. The molecule has 0 bridgehead atoms. The van der Waals surface area contributed by atoms with Gasteiger partial charge in [-0.25, -0.2) is 0 Å². The molecule has 2 amide bonds. The standard InChI is InChI=1S/C21H25N3O4/c1-3-28-17-7-5-16(6-8-17)23-21(27)20(26)22-13-19(25)15-4-9-18-14(12-15)10-11-24(18)2/h4-9,12,19,25H,3,10-11,13H2,1-2H3,(H,22,26)(H,23,27). The van der Waals surface area contributed by atoms with Gasteiger partial charge in [0.1, 0.15) is 5.75 Å². The summed E-state index contributed by atoms with van der Waals surface area (Å²) >= 11 is 0. The lowest BCUT2D eigenvalue weighted by Crippen LogP contribution is -2.37. The van der Waals surface area contributed by atoms with Crippen LogP contribution in [0, 0.1) is 0 Å². The van der Waals surface area contributed by atoms with Crippen LogP contribution in [-0.2, 0) is 16.0 Å². The first-order valence-corrected chi connectivity index (χ1v) is 9.32. The second kappa shape index (κ2) is 8.75. The third-order valence-electron chi connectivity index (χ3n) is 4.70. The van der Waals surface area contributed by atoms with Crippen molar-refractivity contribution in [2.45, 2.75) is 19.4 Å².